The van der Waals surface area contributed by atoms with Crippen LogP contribution < -0.4 is 10.0 Å². The lowest BCUT2D eigenvalue weighted by Crippen LogP contribution is -2.15. The molecule has 0 saturated heterocycles. The quantitative estimate of drug-likeness (QED) is 0.873. The van der Waals surface area contributed by atoms with Gasteiger partial charge in [-0.1, -0.05) is 0 Å². The monoisotopic (exact) mass is 338 g/mol. The van der Waals surface area contributed by atoms with Gasteiger partial charge in [0.25, 0.3) is 5.91 Å². The van der Waals surface area contributed by atoms with E-state index in [4.69, 9.17) is 0 Å². The summed E-state index contributed by atoms with van der Waals surface area (Å²) in [6, 6.07) is 9.08. The number of nitrogens with one attached hydrogen (secondary N) is 2. The van der Waals surface area contributed by atoms with E-state index < -0.39 is 28.5 Å². The average Bonchev–Trinajstić information content (AvgIpc) is 2.46. The standard InChI is InChI=1S/C16H16F2N2O2S/c1-10(2)23(22)20-14-5-3-11(4-6-14)16(21)19-15-8-12(17)7-13(18)9-15/h3-10,20H,1-2H3,(H,19,21). The molecule has 1 atom stereocenters. The molecule has 2 rings (SSSR count). The fourth-order valence-corrected chi connectivity index (χ4v) is 2.36. The summed E-state index contributed by atoms with van der Waals surface area (Å²) in [6.07, 6.45) is 0. The van der Waals surface area contributed by atoms with Crippen molar-refractivity contribution in [3.63, 3.8) is 0 Å². The molecule has 23 heavy (non-hydrogen) atoms. The van der Waals surface area contributed by atoms with Crippen molar-refractivity contribution in [2.24, 2.45) is 0 Å². The van der Waals surface area contributed by atoms with Crippen LogP contribution in [0.1, 0.15) is 24.2 Å². The molecule has 0 radical (unpaired) electrons. The lowest BCUT2D eigenvalue weighted by atomic mass is 10.2. The van der Waals surface area contributed by atoms with E-state index in [1.807, 2.05) is 13.8 Å². The molecule has 0 saturated carbocycles. The molecule has 1 unspecified atom stereocenters. The fourth-order valence-electron chi connectivity index (χ4n) is 1.75. The van der Waals surface area contributed by atoms with Crippen molar-refractivity contribution in [3.05, 3.63) is 59.7 Å². The smallest absolute Gasteiger partial charge is 0.255 e. The molecule has 122 valence electrons. The molecule has 4 nitrogen and oxygen atoms in total. The highest BCUT2D eigenvalue weighted by molar-refractivity contribution is 7.86. The summed E-state index contributed by atoms with van der Waals surface area (Å²) in [5, 5.41) is 2.38. The average molecular weight is 338 g/mol. The van der Waals surface area contributed by atoms with Crippen molar-refractivity contribution in [2.75, 3.05) is 10.0 Å². The first-order valence-electron chi connectivity index (χ1n) is 6.90. The van der Waals surface area contributed by atoms with E-state index in [2.05, 4.69) is 10.0 Å². The second-order valence-electron chi connectivity index (χ2n) is 5.14. The Morgan fingerprint density at radius 2 is 1.57 bits per heavy atom. The zero-order valence-electron chi connectivity index (χ0n) is 12.6. The van der Waals surface area contributed by atoms with Gasteiger partial charge in [-0.2, -0.15) is 0 Å². The van der Waals surface area contributed by atoms with Crippen LogP contribution in [0.15, 0.2) is 42.5 Å². The molecule has 0 aliphatic heterocycles. The molecule has 0 spiro atoms. The molecule has 2 aromatic carbocycles. The molecule has 0 fully saturated rings. The van der Waals surface area contributed by atoms with Gasteiger partial charge in [0.2, 0.25) is 0 Å². The molecule has 1 amide bonds. The summed E-state index contributed by atoms with van der Waals surface area (Å²) in [5.41, 5.74) is 0.969. The summed E-state index contributed by atoms with van der Waals surface area (Å²) in [7, 11) is -1.21. The third kappa shape index (κ3) is 4.85. The highest BCUT2D eigenvalue weighted by atomic mass is 32.2. The minimum absolute atomic E-state index is 0.0376. The van der Waals surface area contributed by atoms with Crippen LogP contribution in [0.4, 0.5) is 20.2 Å². The third-order valence-electron chi connectivity index (χ3n) is 2.91. The van der Waals surface area contributed by atoms with Gasteiger partial charge in [-0.05, 0) is 50.2 Å². The van der Waals surface area contributed by atoms with Crippen LogP contribution in [0.5, 0.6) is 0 Å². The predicted octanol–water partition coefficient (Wildman–Crippen LogP) is 3.70. The van der Waals surface area contributed by atoms with Gasteiger partial charge in [0.15, 0.2) is 0 Å². The van der Waals surface area contributed by atoms with E-state index in [1.54, 1.807) is 12.1 Å². The van der Waals surface area contributed by atoms with Crippen molar-refractivity contribution < 1.29 is 17.8 Å². The van der Waals surface area contributed by atoms with Crippen molar-refractivity contribution in [2.45, 2.75) is 19.1 Å². The first kappa shape index (κ1) is 17.1. The van der Waals surface area contributed by atoms with Gasteiger partial charge in [-0.25, -0.2) is 13.0 Å². The molecule has 0 aromatic heterocycles. The summed E-state index contributed by atoms with van der Waals surface area (Å²) >= 11 is 0. The molecular weight excluding hydrogens is 322 g/mol. The number of benzene rings is 2. The summed E-state index contributed by atoms with van der Waals surface area (Å²) in [4.78, 5) is 12.0. The third-order valence-corrected chi connectivity index (χ3v) is 4.21. The van der Waals surface area contributed by atoms with Crippen LogP contribution in [0.3, 0.4) is 0 Å². The molecule has 0 aliphatic rings. The Kier molecular flexibility index (Phi) is 5.44. The fraction of sp³-hybridized carbons (Fsp3) is 0.188. The maximum atomic E-state index is 13.1. The van der Waals surface area contributed by atoms with Gasteiger partial charge >= 0.3 is 0 Å². The Morgan fingerprint density at radius 3 is 2.09 bits per heavy atom. The number of hydrogen-bond donors (Lipinski definition) is 2. The molecule has 0 aliphatic carbocycles. The first-order valence-corrected chi connectivity index (χ1v) is 8.11. The molecular formula is C16H16F2N2O2S. The largest absolute Gasteiger partial charge is 0.322 e. The zero-order chi connectivity index (χ0) is 17.0. The lowest BCUT2D eigenvalue weighted by molar-refractivity contribution is 0.102. The highest BCUT2D eigenvalue weighted by Crippen LogP contribution is 2.16. The van der Waals surface area contributed by atoms with Gasteiger partial charge in [0.05, 0.1) is 0 Å². The van der Waals surface area contributed by atoms with Crippen molar-refractivity contribution in [1.82, 2.24) is 0 Å². The maximum absolute atomic E-state index is 13.1. The SMILES string of the molecule is CC(C)S(=O)Nc1ccc(C(=O)Nc2cc(F)cc(F)c2)cc1. The van der Waals surface area contributed by atoms with E-state index in [-0.39, 0.29) is 10.9 Å². The summed E-state index contributed by atoms with van der Waals surface area (Å²) in [6.45, 7) is 3.64. The number of carbonyl (C=O) groups is 1. The van der Waals surface area contributed by atoms with Gasteiger partial charge in [0.1, 0.15) is 22.6 Å². The summed E-state index contributed by atoms with van der Waals surface area (Å²) < 4.78 is 40.7. The number of hydrogen-bond acceptors (Lipinski definition) is 2. The van der Waals surface area contributed by atoms with E-state index in [0.717, 1.165) is 18.2 Å². The van der Waals surface area contributed by atoms with E-state index in [1.165, 1.54) is 12.1 Å². The van der Waals surface area contributed by atoms with Crippen molar-refractivity contribution in [1.29, 1.82) is 0 Å². The van der Waals surface area contributed by atoms with Crippen LogP contribution >= 0.6 is 0 Å². The maximum Gasteiger partial charge on any atom is 0.255 e. The predicted molar refractivity (Wildman–Crippen MR) is 87.7 cm³/mol. The van der Waals surface area contributed by atoms with Gasteiger partial charge < -0.3 is 10.0 Å². The molecule has 0 heterocycles. The topological polar surface area (TPSA) is 58.2 Å². The van der Waals surface area contributed by atoms with Crippen LogP contribution in [0.2, 0.25) is 0 Å². The Balaban J connectivity index is 2.06. The second-order valence-corrected chi connectivity index (χ2v) is 6.88. The minimum atomic E-state index is -1.21. The minimum Gasteiger partial charge on any atom is -0.322 e. The normalized spacial score (nSPS) is 12.0. The number of carbonyl (C=O) groups excluding carboxylic acids is 1. The second kappa shape index (κ2) is 7.32. The van der Waals surface area contributed by atoms with Crippen molar-refractivity contribution in [3.8, 4) is 0 Å². The van der Waals surface area contributed by atoms with Gasteiger partial charge in [-0.15, -0.1) is 0 Å². The molecule has 2 aromatic rings. The molecule has 2 N–H and O–H groups in total. The van der Waals surface area contributed by atoms with Gasteiger partial charge in [0, 0.05) is 28.3 Å². The number of rotatable bonds is 5. The Hall–Kier alpha value is -2.28. The molecule has 7 heteroatoms. The van der Waals surface area contributed by atoms with Crippen LogP contribution in [-0.4, -0.2) is 15.4 Å². The number of amides is 1. The van der Waals surface area contributed by atoms with Crippen LogP contribution in [0.25, 0.3) is 0 Å². The Morgan fingerprint density at radius 1 is 1.00 bits per heavy atom. The zero-order valence-corrected chi connectivity index (χ0v) is 13.4. The summed E-state index contributed by atoms with van der Waals surface area (Å²) in [5.74, 6) is -2.03. The number of halogens is 2. The van der Waals surface area contributed by atoms with Crippen LogP contribution in [0, 0.1) is 11.6 Å². The van der Waals surface area contributed by atoms with E-state index in [9.17, 15) is 17.8 Å². The van der Waals surface area contributed by atoms with Crippen LogP contribution in [-0.2, 0) is 11.0 Å². The lowest BCUT2D eigenvalue weighted by Gasteiger charge is -2.10. The first-order chi connectivity index (χ1) is 10.8. The van der Waals surface area contributed by atoms with E-state index >= 15 is 0 Å². The highest BCUT2D eigenvalue weighted by Gasteiger charge is 2.09. The Bertz CT molecular complexity index is 713. The molecule has 0 bridgehead atoms. The number of anilines is 2. The van der Waals surface area contributed by atoms with Gasteiger partial charge in [-0.3, -0.25) is 4.79 Å². The van der Waals surface area contributed by atoms with E-state index in [0.29, 0.717) is 11.3 Å². The van der Waals surface area contributed by atoms with Crippen molar-refractivity contribution >= 4 is 28.3 Å². The Labute approximate surface area is 135 Å².